The number of hydrogen-bond acceptors (Lipinski definition) is 4. The van der Waals surface area contributed by atoms with E-state index in [1.807, 2.05) is 6.92 Å². The Bertz CT molecular complexity index is 181. The van der Waals surface area contributed by atoms with E-state index in [4.69, 9.17) is 5.26 Å². The van der Waals surface area contributed by atoms with Gasteiger partial charge in [0.1, 0.15) is 12.2 Å². The summed E-state index contributed by atoms with van der Waals surface area (Å²) in [5.41, 5.74) is 0. The quantitative estimate of drug-likeness (QED) is 0.582. The summed E-state index contributed by atoms with van der Waals surface area (Å²) in [4.78, 5) is 19.8. The third-order valence-electron chi connectivity index (χ3n) is 0.949. The molecular formula is C8H13NO3. The highest BCUT2D eigenvalue weighted by Gasteiger charge is 1.93. The van der Waals surface area contributed by atoms with Gasteiger partial charge >= 0.3 is 5.97 Å². The fraction of sp³-hybridized carbons (Fsp3) is 0.625. The van der Waals surface area contributed by atoms with Crippen LogP contribution in [0.3, 0.4) is 0 Å². The molecule has 0 atom stereocenters. The van der Waals surface area contributed by atoms with Crippen LogP contribution in [0, 0.1) is 11.3 Å². The topological polar surface area (TPSA) is 67.2 Å². The van der Waals surface area contributed by atoms with E-state index in [2.05, 4.69) is 4.74 Å². The lowest BCUT2D eigenvalue weighted by Gasteiger charge is -1.85. The summed E-state index contributed by atoms with van der Waals surface area (Å²) < 4.78 is 4.13. The second-order valence-electron chi connectivity index (χ2n) is 1.97. The van der Waals surface area contributed by atoms with Gasteiger partial charge in [0.05, 0.1) is 13.2 Å². The Morgan fingerprint density at radius 2 is 1.92 bits per heavy atom. The Hall–Kier alpha value is -1.37. The molecule has 0 aliphatic heterocycles. The SMILES string of the molecule is CCC(C)=O.COC(=O)CC#N. The van der Waals surface area contributed by atoms with Gasteiger partial charge < -0.3 is 9.53 Å². The van der Waals surface area contributed by atoms with Gasteiger partial charge in [0.15, 0.2) is 0 Å². The summed E-state index contributed by atoms with van der Waals surface area (Å²) in [6, 6.07) is 1.64. The van der Waals surface area contributed by atoms with Gasteiger partial charge in [-0.3, -0.25) is 4.79 Å². The molecule has 0 N–H and O–H groups in total. The molecule has 4 nitrogen and oxygen atoms in total. The molecule has 0 aliphatic rings. The van der Waals surface area contributed by atoms with Crippen LogP contribution in [0.25, 0.3) is 0 Å². The number of nitrogens with zero attached hydrogens (tertiary/aromatic N) is 1. The third kappa shape index (κ3) is 15.9. The van der Waals surface area contributed by atoms with Gasteiger partial charge in [-0.2, -0.15) is 5.26 Å². The molecule has 0 rings (SSSR count). The summed E-state index contributed by atoms with van der Waals surface area (Å²) in [6.45, 7) is 3.43. The van der Waals surface area contributed by atoms with Crippen LogP contribution in [-0.4, -0.2) is 18.9 Å². The maximum absolute atomic E-state index is 9.97. The zero-order valence-corrected chi connectivity index (χ0v) is 7.59. The van der Waals surface area contributed by atoms with Crippen LogP contribution in [-0.2, 0) is 14.3 Å². The zero-order valence-electron chi connectivity index (χ0n) is 7.59. The number of rotatable bonds is 2. The lowest BCUT2D eigenvalue weighted by atomic mass is 10.4. The molecule has 0 bridgehead atoms. The number of nitriles is 1. The van der Waals surface area contributed by atoms with Crippen LogP contribution in [0.4, 0.5) is 0 Å². The Kier molecular flexibility index (Phi) is 10.6. The van der Waals surface area contributed by atoms with E-state index in [-0.39, 0.29) is 12.2 Å². The smallest absolute Gasteiger partial charge is 0.319 e. The van der Waals surface area contributed by atoms with Crippen molar-refractivity contribution in [1.29, 1.82) is 5.26 Å². The Morgan fingerprint density at radius 3 is 2.00 bits per heavy atom. The largest absolute Gasteiger partial charge is 0.468 e. The molecule has 0 radical (unpaired) electrons. The van der Waals surface area contributed by atoms with Crippen molar-refractivity contribution < 1.29 is 14.3 Å². The number of Topliss-reactive ketones (excluding diaryl/α,β-unsaturated/α-hetero) is 1. The van der Waals surface area contributed by atoms with Crippen LogP contribution in [0.15, 0.2) is 0 Å². The van der Waals surface area contributed by atoms with Crippen molar-refractivity contribution in [3.05, 3.63) is 0 Å². The molecule has 68 valence electrons. The monoisotopic (exact) mass is 171 g/mol. The summed E-state index contributed by atoms with van der Waals surface area (Å²) in [5.74, 6) is -0.229. The molecule has 0 saturated heterocycles. The minimum atomic E-state index is -0.484. The van der Waals surface area contributed by atoms with Gasteiger partial charge in [-0.25, -0.2) is 0 Å². The summed E-state index contributed by atoms with van der Waals surface area (Å²) in [6.07, 6.45) is 0.510. The third-order valence-corrected chi connectivity index (χ3v) is 0.949. The summed E-state index contributed by atoms with van der Waals surface area (Å²) in [7, 11) is 1.25. The first-order chi connectivity index (χ1) is 5.58. The van der Waals surface area contributed by atoms with Gasteiger partial charge in [-0.15, -0.1) is 0 Å². The van der Waals surface area contributed by atoms with Gasteiger partial charge in [-0.05, 0) is 6.92 Å². The predicted octanol–water partition coefficient (Wildman–Crippen LogP) is 1.06. The second-order valence-corrected chi connectivity index (χ2v) is 1.97. The van der Waals surface area contributed by atoms with Crippen molar-refractivity contribution >= 4 is 11.8 Å². The lowest BCUT2D eigenvalue weighted by molar-refractivity contribution is -0.139. The molecule has 0 saturated carbocycles. The van der Waals surface area contributed by atoms with Crippen molar-refractivity contribution in [3.63, 3.8) is 0 Å². The second kappa shape index (κ2) is 9.63. The maximum Gasteiger partial charge on any atom is 0.319 e. The van der Waals surface area contributed by atoms with E-state index in [1.54, 1.807) is 13.0 Å². The average molecular weight is 171 g/mol. The highest BCUT2D eigenvalue weighted by Crippen LogP contribution is 1.76. The molecule has 0 spiro atoms. The summed E-state index contributed by atoms with van der Waals surface area (Å²) >= 11 is 0. The van der Waals surface area contributed by atoms with Gasteiger partial charge in [-0.1, -0.05) is 6.92 Å². The Balaban J connectivity index is 0. The molecule has 4 heteroatoms. The van der Waals surface area contributed by atoms with Crippen molar-refractivity contribution in [1.82, 2.24) is 0 Å². The number of ketones is 1. The molecule has 0 aromatic heterocycles. The first-order valence-electron chi connectivity index (χ1n) is 3.51. The highest BCUT2D eigenvalue weighted by atomic mass is 16.5. The molecule has 12 heavy (non-hydrogen) atoms. The van der Waals surface area contributed by atoms with Gasteiger partial charge in [0, 0.05) is 6.42 Å². The van der Waals surface area contributed by atoms with Crippen LogP contribution in [0.2, 0.25) is 0 Å². The Labute approximate surface area is 72.1 Å². The molecular weight excluding hydrogens is 158 g/mol. The van der Waals surface area contributed by atoms with Crippen LogP contribution in [0.5, 0.6) is 0 Å². The number of ether oxygens (including phenoxy) is 1. The van der Waals surface area contributed by atoms with Crippen LogP contribution < -0.4 is 0 Å². The van der Waals surface area contributed by atoms with Gasteiger partial charge in [0.25, 0.3) is 0 Å². The number of methoxy groups -OCH3 is 1. The number of carbonyl (C=O) groups excluding carboxylic acids is 2. The fourth-order valence-corrected chi connectivity index (χ4v) is 0.137. The highest BCUT2D eigenvalue weighted by molar-refractivity contribution is 5.74. The molecule has 0 fully saturated rings. The zero-order chi connectivity index (χ0) is 9.98. The van der Waals surface area contributed by atoms with E-state index in [0.29, 0.717) is 6.42 Å². The number of carbonyl (C=O) groups is 2. The minimum absolute atomic E-state index is 0.156. The molecule has 0 heterocycles. The maximum atomic E-state index is 9.97. The molecule has 0 aromatic rings. The van der Waals surface area contributed by atoms with Crippen molar-refractivity contribution in [3.8, 4) is 6.07 Å². The average Bonchev–Trinajstić information content (AvgIpc) is 2.06. The van der Waals surface area contributed by atoms with E-state index in [0.717, 1.165) is 0 Å². The lowest BCUT2D eigenvalue weighted by Crippen LogP contribution is -1.96. The first kappa shape index (κ1) is 13.2. The minimum Gasteiger partial charge on any atom is -0.468 e. The number of esters is 1. The summed E-state index contributed by atoms with van der Waals surface area (Å²) in [5, 5.41) is 7.82. The molecule has 0 aromatic carbocycles. The molecule has 0 aliphatic carbocycles. The van der Waals surface area contributed by atoms with Gasteiger partial charge in [0.2, 0.25) is 0 Å². The van der Waals surface area contributed by atoms with Crippen molar-refractivity contribution in [2.24, 2.45) is 0 Å². The van der Waals surface area contributed by atoms with Crippen LogP contribution >= 0.6 is 0 Å². The van der Waals surface area contributed by atoms with E-state index in [9.17, 15) is 9.59 Å². The van der Waals surface area contributed by atoms with E-state index in [1.165, 1.54) is 7.11 Å². The first-order valence-corrected chi connectivity index (χ1v) is 3.51. The van der Waals surface area contributed by atoms with Crippen molar-refractivity contribution in [2.45, 2.75) is 26.7 Å². The Morgan fingerprint density at radius 1 is 1.50 bits per heavy atom. The standard InChI is InChI=1S/C4H5NO2.C4H8O/c1-7-4(6)2-3-5;1-3-4(2)5/h2H2,1H3;3H2,1-2H3. The fourth-order valence-electron chi connectivity index (χ4n) is 0.137. The van der Waals surface area contributed by atoms with Crippen molar-refractivity contribution in [2.75, 3.05) is 7.11 Å². The molecule has 0 amide bonds. The van der Waals surface area contributed by atoms with Crippen LogP contribution in [0.1, 0.15) is 26.7 Å². The van der Waals surface area contributed by atoms with E-state index < -0.39 is 5.97 Å². The number of hydrogen-bond donors (Lipinski definition) is 0. The molecule has 0 unspecified atom stereocenters. The predicted molar refractivity (Wildman–Crippen MR) is 43.2 cm³/mol. The van der Waals surface area contributed by atoms with E-state index >= 15 is 0 Å². The normalized spacial score (nSPS) is 7.17.